The lowest BCUT2D eigenvalue weighted by Crippen LogP contribution is -2.57. The monoisotopic (exact) mass is 490 g/mol. The third kappa shape index (κ3) is 15.0. The van der Waals surface area contributed by atoms with Crippen LogP contribution in [-0.2, 0) is 14.2 Å². The summed E-state index contributed by atoms with van der Waals surface area (Å²) in [7, 11) is 0. The number of hydrogen-bond acceptors (Lipinski definition) is 7. The Hall–Kier alpha value is -0.280. The van der Waals surface area contributed by atoms with E-state index in [1.807, 2.05) is 0 Å². The summed E-state index contributed by atoms with van der Waals surface area (Å²) in [6.45, 7) is 4.55. The van der Waals surface area contributed by atoms with Gasteiger partial charge in [-0.15, -0.1) is 0 Å². The fraction of sp³-hybridized carbons (Fsp3) is 1.00. The molecule has 204 valence electrons. The summed E-state index contributed by atoms with van der Waals surface area (Å²) < 4.78 is 16.2. The van der Waals surface area contributed by atoms with Gasteiger partial charge in [0.05, 0.1) is 19.3 Å². The van der Waals surface area contributed by atoms with Gasteiger partial charge in [-0.05, 0) is 13.3 Å². The van der Waals surface area contributed by atoms with Crippen molar-refractivity contribution in [2.45, 2.75) is 153 Å². The number of ether oxygens (including phenoxy) is 3. The van der Waals surface area contributed by atoms with Gasteiger partial charge in [0.15, 0.2) is 6.29 Å². The molecule has 0 aromatic rings. The van der Waals surface area contributed by atoms with Crippen LogP contribution in [0.3, 0.4) is 0 Å². The normalized spacial score (nSPS) is 26.1. The van der Waals surface area contributed by atoms with Gasteiger partial charge in [-0.3, -0.25) is 0 Å². The van der Waals surface area contributed by atoms with Gasteiger partial charge in [0.1, 0.15) is 24.4 Å². The molecular weight excluding hydrogens is 436 g/mol. The molecule has 4 N–H and O–H groups in total. The Labute approximate surface area is 208 Å². The second kappa shape index (κ2) is 20.9. The molecule has 7 heteroatoms. The predicted molar refractivity (Wildman–Crippen MR) is 135 cm³/mol. The number of aliphatic hydroxyl groups excluding tert-OH is 4. The molecule has 0 saturated carbocycles. The molecule has 1 aliphatic rings. The van der Waals surface area contributed by atoms with Crippen LogP contribution in [0.4, 0.5) is 0 Å². The van der Waals surface area contributed by atoms with Crippen molar-refractivity contribution in [3.8, 4) is 0 Å². The summed E-state index contributed by atoms with van der Waals surface area (Å²) in [6.07, 6.45) is 14.9. The lowest BCUT2D eigenvalue weighted by molar-refractivity contribution is -0.297. The smallest absolute Gasteiger partial charge is 0.186 e. The Morgan fingerprint density at radius 1 is 0.647 bits per heavy atom. The zero-order valence-electron chi connectivity index (χ0n) is 21.9. The number of hydrogen-bond donors (Lipinski definition) is 4. The van der Waals surface area contributed by atoms with Crippen molar-refractivity contribution < 1.29 is 34.6 Å². The first-order valence-corrected chi connectivity index (χ1v) is 14.0. The highest BCUT2D eigenvalue weighted by atomic mass is 16.7. The van der Waals surface area contributed by atoms with Crippen LogP contribution in [-0.4, -0.2) is 77.1 Å². The first-order chi connectivity index (χ1) is 16.5. The van der Waals surface area contributed by atoms with E-state index >= 15 is 0 Å². The van der Waals surface area contributed by atoms with Crippen LogP contribution in [0.1, 0.15) is 117 Å². The van der Waals surface area contributed by atoms with Crippen molar-refractivity contribution in [1.29, 1.82) is 0 Å². The summed E-state index contributed by atoms with van der Waals surface area (Å²) in [5.74, 6) is 0. The standard InChI is InChI=1S/C27H54O7/c1-3-4-5-6-7-8-9-10-11-12-13-14-15-16-17-18-19-32-20-23(28)21-33-27-26(31)25(30)24(29)22(2)34-27/h22-31H,3-21H2,1-2H3. The van der Waals surface area contributed by atoms with E-state index in [4.69, 9.17) is 14.2 Å². The maximum Gasteiger partial charge on any atom is 0.186 e. The van der Waals surface area contributed by atoms with Gasteiger partial charge < -0.3 is 34.6 Å². The molecule has 0 radical (unpaired) electrons. The van der Waals surface area contributed by atoms with Crippen LogP contribution in [0.5, 0.6) is 0 Å². The highest BCUT2D eigenvalue weighted by molar-refractivity contribution is 4.87. The van der Waals surface area contributed by atoms with E-state index in [0.717, 1.165) is 12.8 Å². The fourth-order valence-corrected chi connectivity index (χ4v) is 4.38. The van der Waals surface area contributed by atoms with Gasteiger partial charge >= 0.3 is 0 Å². The molecule has 0 spiro atoms. The molecule has 6 unspecified atom stereocenters. The van der Waals surface area contributed by atoms with E-state index in [-0.39, 0.29) is 13.2 Å². The van der Waals surface area contributed by atoms with Crippen molar-refractivity contribution in [2.75, 3.05) is 19.8 Å². The number of aliphatic hydroxyl groups is 4. The van der Waals surface area contributed by atoms with E-state index in [2.05, 4.69) is 6.92 Å². The maximum absolute atomic E-state index is 9.99. The fourth-order valence-electron chi connectivity index (χ4n) is 4.38. The van der Waals surface area contributed by atoms with Gasteiger partial charge in [-0.1, -0.05) is 103 Å². The van der Waals surface area contributed by atoms with E-state index in [9.17, 15) is 20.4 Å². The average Bonchev–Trinajstić information content (AvgIpc) is 2.83. The van der Waals surface area contributed by atoms with Gasteiger partial charge in [-0.2, -0.15) is 0 Å². The quantitative estimate of drug-likeness (QED) is 0.166. The molecule has 7 nitrogen and oxygen atoms in total. The molecule has 1 rings (SSSR count). The molecule has 1 aliphatic heterocycles. The minimum Gasteiger partial charge on any atom is -0.388 e. The van der Waals surface area contributed by atoms with Gasteiger partial charge in [0.2, 0.25) is 0 Å². The first-order valence-electron chi connectivity index (χ1n) is 14.0. The minimum atomic E-state index is -1.36. The summed E-state index contributed by atoms with van der Waals surface area (Å²) >= 11 is 0. The summed E-state index contributed by atoms with van der Waals surface area (Å²) in [6, 6.07) is 0. The van der Waals surface area contributed by atoms with Crippen molar-refractivity contribution in [3.05, 3.63) is 0 Å². The summed E-state index contributed by atoms with van der Waals surface area (Å²) in [5.41, 5.74) is 0. The van der Waals surface area contributed by atoms with E-state index < -0.39 is 36.8 Å². The van der Waals surface area contributed by atoms with E-state index in [0.29, 0.717) is 6.61 Å². The second-order valence-corrected chi connectivity index (χ2v) is 10.0. The molecule has 0 bridgehead atoms. The highest BCUT2D eigenvalue weighted by Crippen LogP contribution is 2.22. The molecule has 0 amide bonds. The molecule has 1 heterocycles. The third-order valence-corrected chi connectivity index (χ3v) is 6.71. The van der Waals surface area contributed by atoms with Crippen LogP contribution >= 0.6 is 0 Å². The SMILES string of the molecule is CCCCCCCCCCCCCCCCCCOCC(O)COC1OC(C)C(O)C(O)C1O. The zero-order chi connectivity index (χ0) is 25.0. The van der Waals surface area contributed by atoms with Crippen LogP contribution in [0.2, 0.25) is 0 Å². The third-order valence-electron chi connectivity index (χ3n) is 6.71. The maximum atomic E-state index is 9.99. The van der Waals surface area contributed by atoms with Crippen LogP contribution in [0.25, 0.3) is 0 Å². The largest absolute Gasteiger partial charge is 0.388 e. The first kappa shape index (κ1) is 31.7. The molecule has 1 saturated heterocycles. The topological polar surface area (TPSA) is 109 Å². The number of unbranched alkanes of at least 4 members (excludes halogenated alkanes) is 15. The van der Waals surface area contributed by atoms with Crippen molar-refractivity contribution >= 4 is 0 Å². The summed E-state index contributed by atoms with van der Waals surface area (Å²) in [4.78, 5) is 0. The Bertz CT molecular complexity index is 451. The molecule has 34 heavy (non-hydrogen) atoms. The Balaban J connectivity index is 1.83. The molecule has 6 atom stereocenters. The van der Waals surface area contributed by atoms with E-state index in [1.54, 1.807) is 6.92 Å². The Kier molecular flexibility index (Phi) is 19.5. The molecule has 0 aliphatic carbocycles. The van der Waals surface area contributed by atoms with Crippen LogP contribution in [0, 0.1) is 0 Å². The van der Waals surface area contributed by atoms with Crippen molar-refractivity contribution in [1.82, 2.24) is 0 Å². The zero-order valence-corrected chi connectivity index (χ0v) is 21.9. The Morgan fingerprint density at radius 2 is 1.12 bits per heavy atom. The van der Waals surface area contributed by atoms with Crippen molar-refractivity contribution in [3.63, 3.8) is 0 Å². The predicted octanol–water partition coefficient (Wildman–Crippen LogP) is 4.47. The van der Waals surface area contributed by atoms with Crippen molar-refractivity contribution in [2.24, 2.45) is 0 Å². The highest BCUT2D eigenvalue weighted by Gasteiger charge is 2.42. The van der Waals surface area contributed by atoms with Gasteiger partial charge in [0, 0.05) is 6.61 Å². The molecule has 1 fully saturated rings. The molecule has 0 aromatic heterocycles. The lowest BCUT2D eigenvalue weighted by Gasteiger charge is -2.39. The summed E-state index contributed by atoms with van der Waals surface area (Å²) in [5, 5.41) is 39.3. The second-order valence-electron chi connectivity index (χ2n) is 10.0. The van der Waals surface area contributed by atoms with Crippen LogP contribution < -0.4 is 0 Å². The number of rotatable bonds is 22. The molecular formula is C27H54O7. The molecule has 0 aromatic carbocycles. The Morgan fingerprint density at radius 3 is 1.62 bits per heavy atom. The lowest BCUT2D eigenvalue weighted by atomic mass is 10.0. The van der Waals surface area contributed by atoms with Gasteiger partial charge in [0.25, 0.3) is 0 Å². The van der Waals surface area contributed by atoms with Gasteiger partial charge in [-0.25, -0.2) is 0 Å². The van der Waals surface area contributed by atoms with E-state index in [1.165, 1.54) is 89.9 Å². The minimum absolute atomic E-state index is 0.0732. The average molecular weight is 491 g/mol. The van der Waals surface area contributed by atoms with Crippen LogP contribution in [0.15, 0.2) is 0 Å².